The van der Waals surface area contributed by atoms with Gasteiger partial charge in [0.15, 0.2) is 5.78 Å². The Morgan fingerprint density at radius 3 is 2.50 bits per heavy atom. The van der Waals surface area contributed by atoms with Crippen LogP contribution in [0.15, 0.2) is 18.3 Å². The minimum atomic E-state index is -0.556. The lowest BCUT2D eigenvalue weighted by atomic mass is 10.2. The number of hydrogen-bond acceptors (Lipinski definition) is 3. The summed E-state index contributed by atoms with van der Waals surface area (Å²) in [6.45, 7) is 7.65. The van der Waals surface area contributed by atoms with Crippen LogP contribution in [0.4, 0.5) is 4.79 Å². The van der Waals surface area contributed by atoms with E-state index in [-0.39, 0.29) is 12.3 Å². The number of aromatic nitrogens is 1. The Labute approximate surface area is 107 Å². The molecule has 1 aromatic heterocycles. The van der Waals surface area contributed by atoms with Crippen molar-refractivity contribution in [3.63, 3.8) is 0 Å². The number of H-pyrrole nitrogens is 1. The topological polar surface area (TPSA) is 62.4 Å². The Bertz CT molecular complexity index is 404. The molecule has 0 aromatic carbocycles. The van der Waals surface area contributed by atoms with Gasteiger partial charge in [0.1, 0.15) is 5.60 Å². The van der Waals surface area contributed by atoms with Crippen LogP contribution in [0, 0.1) is 0 Å². The maximum Gasteiger partial charge on any atom is 0.410 e. The van der Waals surface area contributed by atoms with E-state index < -0.39 is 11.7 Å². The van der Waals surface area contributed by atoms with Crippen molar-refractivity contribution in [2.24, 2.45) is 0 Å². The second kappa shape index (κ2) is 5.71. The molecular weight excluding hydrogens is 232 g/mol. The standard InChI is InChI=1S/C13H20N2O3/c1-5-15(12(17)18-13(2,3)4)9-11(16)10-7-6-8-14-10/h6-8,14H,5,9H2,1-4H3. The summed E-state index contributed by atoms with van der Waals surface area (Å²) in [5.74, 6) is -0.132. The highest BCUT2D eigenvalue weighted by Crippen LogP contribution is 2.10. The SMILES string of the molecule is CCN(CC(=O)c1ccc[nH]1)C(=O)OC(C)(C)C. The molecule has 0 bridgehead atoms. The van der Waals surface area contributed by atoms with Gasteiger partial charge in [-0.25, -0.2) is 4.79 Å². The van der Waals surface area contributed by atoms with Gasteiger partial charge in [-0.05, 0) is 39.8 Å². The molecule has 0 atom stereocenters. The number of ether oxygens (including phenoxy) is 1. The van der Waals surface area contributed by atoms with Crippen molar-refractivity contribution in [2.45, 2.75) is 33.3 Å². The van der Waals surface area contributed by atoms with Crippen molar-refractivity contribution < 1.29 is 14.3 Å². The van der Waals surface area contributed by atoms with E-state index >= 15 is 0 Å². The summed E-state index contributed by atoms with van der Waals surface area (Å²) in [5, 5.41) is 0. The van der Waals surface area contributed by atoms with Gasteiger partial charge in [0.05, 0.1) is 12.2 Å². The van der Waals surface area contributed by atoms with Crippen LogP contribution in [0.3, 0.4) is 0 Å². The molecule has 0 fully saturated rings. The van der Waals surface area contributed by atoms with Crippen molar-refractivity contribution >= 4 is 11.9 Å². The van der Waals surface area contributed by atoms with E-state index in [1.807, 2.05) is 6.92 Å². The highest BCUT2D eigenvalue weighted by Gasteiger charge is 2.23. The Morgan fingerprint density at radius 1 is 1.39 bits per heavy atom. The van der Waals surface area contributed by atoms with Crippen LogP contribution in [0.25, 0.3) is 0 Å². The number of carbonyl (C=O) groups is 2. The van der Waals surface area contributed by atoms with Crippen molar-refractivity contribution in [2.75, 3.05) is 13.1 Å². The summed E-state index contributed by atoms with van der Waals surface area (Å²) in [6, 6.07) is 3.43. The van der Waals surface area contributed by atoms with E-state index in [9.17, 15) is 9.59 Å². The number of nitrogens with one attached hydrogen (secondary N) is 1. The van der Waals surface area contributed by atoms with Gasteiger partial charge in [-0.3, -0.25) is 4.79 Å². The molecule has 0 aliphatic carbocycles. The average molecular weight is 252 g/mol. The van der Waals surface area contributed by atoms with Gasteiger partial charge in [-0.1, -0.05) is 0 Å². The van der Waals surface area contributed by atoms with Crippen LogP contribution in [0.1, 0.15) is 38.2 Å². The minimum Gasteiger partial charge on any atom is -0.444 e. The molecule has 1 amide bonds. The summed E-state index contributed by atoms with van der Waals surface area (Å²) in [5.41, 5.74) is -0.0583. The first-order valence-corrected chi connectivity index (χ1v) is 5.98. The summed E-state index contributed by atoms with van der Waals surface area (Å²) in [7, 11) is 0. The van der Waals surface area contributed by atoms with E-state index in [0.29, 0.717) is 12.2 Å². The number of hydrogen-bond donors (Lipinski definition) is 1. The lowest BCUT2D eigenvalue weighted by Crippen LogP contribution is -2.39. The number of amides is 1. The fraction of sp³-hybridized carbons (Fsp3) is 0.538. The first-order chi connectivity index (χ1) is 8.33. The summed E-state index contributed by atoms with van der Waals surface area (Å²) >= 11 is 0. The largest absolute Gasteiger partial charge is 0.444 e. The highest BCUT2D eigenvalue weighted by molar-refractivity contribution is 5.97. The Kier molecular flexibility index (Phi) is 4.53. The molecule has 1 N–H and O–H groups in total. The second-order valence-corrected chi connectivity index (χ2v) is 5.00. The van der Waals surface area contributed by atoms with Crippen LogP contribution in [0.2, 0.25) is 0 Å². The predicted molar refractivity (Wildman–Crippen MR) is 68.6 cm³/mol. The lowest BCUT2D eigenvalue weighted by Gasteiger charge is -2.25. The predicted octanol–water partition coefficient (Wildman–Crippen LogP) is 2.45. The molecule has 0 radical (unpaired) electrons. The number of Topliss-reactive ketones (excluding diaryl/α,β-unsaturated/α-hetero) is 1. The maximum atomic E-state index is 11.9. The molecule has 1 rings (SSSR count). The van der Waals surface area contributed by atoms with Gasteiger partial charge in [-0.2, -0.15) is 0 Å². The summed E-state index contributed by atoms with van der Waals surface area (Å²) < 4.78 is 5.23. The number of nitrogens with zero attached hydrogens (tertiary/aromatic N) is 1. The summed E-state index contributed by atoms with van der Waals surface area (Å²) in [4.78, 5) is 27.9. The van der Waals surface area contributed by atoms with E-state index in [1.54, 1.807) is 39.1 Å². The third kappa shape index (κ3) is 4.24. The first kappa shape index (κ1) is 14.3. The molecular formula is C13H20N2O3. The molecule has 0 unspecified atom stereocenters. The first-order valence-electron chi connectivity index (χ1n) is 5.98. The monoisotopic (exact) mass is 252 g/mol. The maximum absolute atomic E-state index is 11.9. The second-order valence-electron chi connectivity index (χ2n) is 5.00. The van der Waals surface area contributed by atoms with Gasteiger partial charge < -0.3 is 14.6 Å². The molecule has 0 saturated carbocycles. The molecule has 0 saturated heterocycles. The van der Waals surface area contributed by atoms with E-state index in [1.165, 1.54) is 4.90 Å². The van der Waals surface area contributed by atoms with Crippen molar-refractivity contribution in [1.29, 1.82) is 0 Å². The van der Waals surface area contributed by atoms with E-state index in [4.69, 9.17) is 4.74 Å². The normalized spacial score (nSPS) is 11.1. The van der Waals surface area contributed by atoms with Gasteiger partial charge in [0.25, 0.3) is 0 Å². The van der Waals surface area contributed by atoms with Crippen LogP contribution in [0.5, 0.6) is 0 Å². The molecule has 1 heterocycles. The van der Waals surface area contributed by atoms with Crippen LogP contribution in [-0.2, 0) is 4.74 Å². The van der Waals surface area contributed by atoms with Crippen molar-refractivity contribution in [1.82, 2.24) is 9.88 Å². The molecule has 100 valence electrons. The zero-order valence-corrected chi connectivity index (χ0v) is 11.3. The zero-order chi connectivity index (χ0) is 13.8. The molecule has 5 heteroatoms. The average Bonchev–Trinajstić information content (AvgIpc) is 2.76. The Morgan fingerprint density at radius 2 is 2.06 bits per heavy atom. The minimum absolute atomic E-state index is 0.0198. The fourth-order valence-electron chi connectivity index (χ4n) is 1.39. The Hall–Kier alpha value is -1.78. The van der Waals surface area contributed by atoms with Gasteiger partial charge in [0, 0.05) is 12.7 Å². The number of rotatable bonds is 4. The molecule has 1 aromatic rings. The van der Waals surface area contributed by atoms with Gasteiger partial charge in [0.2, 0.25) is 0 Å². The zero-order valence-electron chi connectivity index (χ0n) is 11.3. The fourth-order valence-corrected chi connectivity index (χ4v) is 1.39. The highest BCUT2D eigenvalue weighted by atomic mass is 16.6. The molecule has 5 nitrogen and oxygen atoms in total. The molecule has 0 spiro atoms. The number of carbonyl (C=O) groups excluding carboxylic acids is 2. The van der Waals surface area contributed by atoms with Gasteiger partial charge in [-0.15, -0.1) is 0 Å². The van der Waals surface area contributed by atoms with Crippen molar-refractivity contribution in [3.8, 4) is 0 Å². The van der Waals surface area contributed by atoms with E-state index in [0.717, 1.165) is 0 Å². The van der Waals surface area contributed by atoms with Crippen LogP contribution < -0.4 is 0 Å². The number of ketones is 1. The number of likely N-dealkylation sites (N-methyl/N-ethyl adjacent to an activating group) is 1. The summed E-state index contributed by atoms with van der Waals surface area (Å²) in [6.07, 6.45) is 1.21. The smallest absolute Gasteiger partial charge is 0.410 e. The molecule has 0 aliphatic rings. The Balaban J connectivity index is 2.62. The van der Waals surface area contributed by atoms with Crippen molar-refractivity contribution in [3.05, 3.63) is 24.0 Å². The lowest BCUT2D eigenvalue weighted by molar-refractivity contribution is 0.0257. The van der Waals surface area contributed by atoms with E-state index in [2.05, 4.69) is 4.98 Å². The van der Waals surface area contributed by atoms with Crippen LogP contribution >= 0.6 is 0 Å². The molecule has 0 aliphatic heterocycles. The number of aromatic amines is 1. The van der Waals surface area contributed by atoms with Gasteiger partial charge >= 0.3 is 6.09 Å². The quantitative estimate of drug-likeness (QED) is 0.837. The third-order valence-corrected chi connectivity index (χ3v) is 2.27. The molecule has 18 heavy (non-hydrogen) atoms. The van der Waals surface area contributed by atoms with Crippen LogP contribution in [-0.4, -0.2) is 40.5 Å². The third-order valence-electron chi connectivity index (χ3n) is 2.27.